The van der Waals surface area contributed by atoms with Gasteiger partial charge in [0.2, 0.25) is 0 Å². The lowest BCUT2D eigenvalue weighted by Crippen LogP contribution is -2.46. The van der Waals surface area contributed by atoms with E-state index in [1.54, 1.807) is 11.1 Å². The first kappa shape index (κ1) is 15.8. The van der Waals surface area contributed by atoms with Gasteiger partial charge in [-0.25, -0.2) is 9.48 Å². The molecule has 130 valence electrons. The Morgan fingerprint density at radius 3 is 2.64 bits per heavy atom. The minimum atomic E-state index is -0.932. The van der Waals surface area contributed by atoms with E-state index in [0.717, 1.165) is 31.4 Å². The van der Waals surface area contributed by atoms with Crippen LogP contribution < -0.4 is 0 Å². The molecule has 0 bridgehead atoms. The molecule has 0 unspecified atom stereocenters. The molecule has 0 radical (unpaired) electrons. The molecule has 7 nitrogen and oxygen atoms in total. The van der Waals surface area contributed by atoms with Crippen LogP contribution in [-0.4, -0.2) is 49.0 Å². The van der Waals surface area contributed by atoms with Gasteiger partial charge in [-0.05, 0) is 37.3 Å². The van der Waals surface area contributed by atoms with Crippen LogP contribution in [0, 0.1) is 5.92 Å². The summed E-state index contributed by atoms with van der Waals surface area (Å²) < 4.78 is 1.54. The van der Waals surface area contributed by atoms with E-state index in [1.807, 2.05) is 30.3 Å². The second-order valence-corrected chi connectivity index (χ2v) is 6.80. The summed E-state index contributed by atoms with van der Waals surface area (Å²) in [6.07, 6.45) is 6.13. The Labute approximate surface area is 145 Å². The van der Waals surface area contributed by atoms with Crippen molar-refractivity contribution in [3.8, 4) is 5.69 Å². The monoisotopic (exact) mass is 340 g/mol. The molecule has 1 amide bonds. The summed E-state index contributed by atoms with van der Waals surface area (Å²) in [5.74, 6) is -0.981. The van der Waals surface area contributed by atoms with Gasteiger partial charge in [0.15, 0.2) is 5.69 Å². The van der Waals surface area contributed by atoms with Gasteiger partial charge >= 0.3 is 5.97 Å². The van der Waals surface area contributed by atoms with Crippen molar-refractivity contribution in [2.24, 2.45) is 5.92 Å². The SMILES string of the molecule is O=C(O)[C@@H]1C[C@H]2CCCC[C@H]2N1C(=O)c1cn(-c2ccccc2)nn1. The van der Waals surface area contributed by atoms with Gasteiger partial charge in [0, 0.05) is 6.04 Å². The maximum absolute atomic E-state index is 13.0. The lowest BCUT2D eigenvalue weighted by atomic mass is 9.84. The predicted octanol–water partition coefficient (Wildman–Crippen LogP) is 2.13. The van der Waals surface area contributed by atoms with Crippen LogP contribution in [0.3, 0.4) is 0 Å². The topological polar surface area (TPSA) is 88.3 Å². The van der Waals surface area contributed by atoms with Crippen LogP contribution >= 0.6 is 0 Å². The molecule has 2 aromatic rings. The van der Waals surface area contributed by atoms with Crippen LogP contribution in [-0.2, 0) is 4.79 Å². The van der Waals surface area contributed by atoms with Gasteiger partial charge < -0.3 is 10.0 Å². The molecule has 2 heterocycles. The zero-order valence-corrected chi connectivity index (χ0v) is 13.8. The fourth-order valence-electron chi connectivity index (χ4n) is 4.17. The van der Waals surface area contributed by atoms with Crippen molar-refractivity contribution < 1.29 is 14.7 Å². The molecule has 1 saturated carbocycles. The van der Waals surface area contributed by atoms with E-state index < -0.39 is 12.0 Å². The Kier molecular flexibility index (Phi) is 3.99. The van der Waals surface area contributed by atoms with E-state index in [2.05, 4.69) is 10.3 Å². The van der Waals surface area contributed by atoms with Gasteiger partial charge in [0.1, 0.15) is 6.04 Å². The van der Waals surface area contributed by atoms with Crippen molar-refractivity contribution in [2.45, 2.75) is 44.2 Å². The number of para-hydroxylation sites is 1. The number of hydrogen-bond acceptors (Lipinski definition) is 4. The predicted molar refractivity (Wildman–Crippen MR) is 89.3 cm³/mol. The number of aromatic nitrogens is 3. The van der Waals surface area contributed by atoms with Gasteiger partial charge in [-0.3, -0.25) is 4.79 Å². The number of aliphatic carboxylic acids is 1. The molecule has 2 aliphatic rings. The van der Waals surface area contributed by atoms with Crippen molar-refractivity contribution in [1.29, 1.82) is 0 Å². The lowest BCUT2D eigenvalue weighted by Gasteiger charge is -2.32. The first-order valence-corrected chi connectivity index (χ1v) is 8.68. The number of amides is 1. The Balaban J connectivity index is 1.63. The maximum atomic E-state index is 13.0. The quantitative estimate of drug-likeness (QED) is 0.924. The normalized spacial score (nSPS) is 25.6. The largest absolute Gasteiger partial charge is 0.480 e. The first-order chi connectivity index (χ1) is 12.1. The highest BCUT2D eigenvalue weighted by Gasteiger charge is 2.48. The summed E-state index contributed by atoms with van der Waals surface area (Å²) in [6.45, 7) is 0. The van der Waals surface area contributed by atoms with Gasteiger partial charge in [-0.15, -0.1) is 5.10 Å². The van der Waals surface area contributed by atoms with Gasteiger partial charge in [-0.1, -0.05) is 36.3 Å². The number of carbonyl (C=O) groups excluding carboxylic acids is 1. The molecule has 1 aromatic heterocycles. The summed E-state index contributed by atoms with van der Waals surface area (Å²) >= 11 is 0. The van der Waals surface area contributed by atoms with Crippen molar-refractivity contribution in [1.82, 2.24) is 19.9 Å². The maximum Gasteiger partial charge on any atom is 0.326 e. The Morgan fingerprint density at radius 1 is 1.12 bits per heavy atom. The van der Waals surface area contributed by atoms with Crippen LogP contribution in [0.5, 0.6) is 0 Å². The Morgan fingerprint density at radius 2 is 1.88 bits per heavy atom. The molecule has 3 atom stereocenters. The average Bonchev–Trinajstić information content (AvgIpc) is 3.27. The smallest absolute Gasteiger partial charge is 0.326 e. The van der Waals surface area contributed by atoms with Crippen LogP contribution in [0.2, 0.25) is 0 Å². The number of carboxylic acid groups (broad SMARTS) is 1. The fourth-order valence-corrected chi connectivity index (χ4v) is 4.17. The van der Waals surface area contributed by atoms with Crippen LogP contribution in [0.25, 0.3) is 5.69 Å². The minimum absolute atomic E-state index is 0.00391. The number of likely N-dealkylation sites (tertiary alicyclic amines) is 1. The van der Waals surface area contributed by atoms with Crippen molar-refractivity contribution in [3.05, 3.63) is 42.2 Å². The van der Waals surface area contributed by atoms with Crippen LogP contribution in [0.4, 0.5) is 0 Å². The molecular weight excluding hydrogens is 320 g/mol. The number of carboxylic acids is 1. The number of nitrogens with zero attached hydrogens (tertiary/aromatic N) is 4. The zero-order chi connectivity index (χ0) is 17.4. The van der Waals surface area contributed by atoms with Crippen molar-refractivity contribution in [2.75, 3.05) is 0 Å². The molecule has 1 N–H and O–H groups in total. The number of rotatable bonds is 3. The highest BCUT2D eigenvalue weighted by Crippen LogP contribution is 2.40. The second kappa shape index (κ2) is 6.31. The lowest BCUT2D eigenvalue weighted by molar-refractivity contribution is -0.141. The molecule has 4 rings (SSSR count). The van der Waals surface area contributed by atoms with Gasteiger partial charge in [0.05, 0.1) is 11.9 Å². The molecule has 1 saturated heterocycles. The van der Waals surface area contributed by atoms with E-state index in [4.69, 9.17) is 0 Å². The van der Waals surface area contributed by atoms with E-state index in [-0.39, 0.29) is 23.6 Å². The molecule has 0 spiro atoms. The summed E-state index contributed by atoms with van der Waals surface area (Å²) in [4.78, 5) is 26.2. The standard InChI is InChI=1S/C18H20N4O3/c23-17(14-11-21(20-19-14)13-7-2-1-3-8-13)22-15-9-5-4-6-12(15)10-16(22)18(24)25/h1-3,7-8,11-12,15-16H,4-6,9-10H2,(H,24,25)/t12-,15-,16+/m1/s1. The molecule has 1 aromatic carbocycles. The zero-order valence-electron chi connectivity index (χ0n) is 13.8. The fraction of sp³-hybridized carbons (Fsp3) is 0.444. The highest BCUT2D eigenvalue weighted by atomic mass is 16.4. The summed E-state index contributed by atoms with van der Waals surface area (Å²) in [7, 11) is 0. The van der Waals surface area contributed by atoms with Crippen molar-refractivity contribution >= 4 is 11.9 Å². The number of benzene rings is 1. The van der Waals surface area contributed by atoms with Crippen LogP contribution in [0.1, 0.15) is 42.6 Å². The summed E-state index contributed by atoms with van der Waals surface area (Å²) in [5.41, 5.74) is 1.00. The summed E-state index contributed by atoms with van der Waals surface area (Å²) in [6, 6.07) is 8.65. The van der Waals surface area contributed by atoms with E-state index in [0.29, 0.717) is 6.42 Å². The van der Waals surface area contributed by atoms with Gasteiger partial charge in [-0.2, -0.15) is 0 Å². The summed E-state index contributed by atoms with van der Waals surface area (Å²) in [5, 5.41) is 17.6. The number of hydrogen-bond donors (Lipinski definition) is 1. The second-order valence-electron chi connectivity index (χ2n) is 6.80. The number of carbonyl (C=O) groups is 2. The molecule has 25 heavy (non-hydrogen) atoms. The van der Waals surface area contributed by atoms with Crippen LogP contribution in [0.15, 0.2) is 36.5 Å². The Hall–Kier alpha value is -2.70. The minimum Gasteiger partial charge on any atom is -0.480 e. The third kappa shape index (κ3) is 2.79. The van der Waals surface area contributed by atoms with Gasteiger partial charge in [0.25, 0.3) is 5.91 Å². The van der Waals surface area contributed by atoms with Crippen molar-refractivity contribution in [3.63, 3.8) is 0 Å². The highest BCUT2D eigenvalue weighted by molar-refractivity contribution is 5.95. The average molecular weight is 340 g/mol. The number of fused-ring (bicyclic) bond motifs is 1. The molecule has 1 aliphatic heterocycles. The first-order valence-electron chi connectivity index (χ1n) is 8.68. The van der Waals surface area contributed by atoms with E-state index >= 15 is 0 Å². The van der Waals surface area contributed by atoms with E-state index in [9.17, 15) is 14.7 Å². The molecule has 1 aliphatic carbocycles. The molecule has 2 fully saturated rings. The molecule has 7 heteroatoms. The Bertz CT molecular complexity index is 789. The third-order valence-electron chi connectivity index (χ3n) is 5.34. The van der Waals surface area contributed by atoms with E-state index in [1.165, 1.54) is 4.68 Å². The molecular formula is C18H20N4O3. The third-order valence-corrected chi connectivity index (χ3v) is 5.34.